The molecular weight excluding hydrogens is 1080 g/mol. The molecule has 3 aliphatic rings. The second kappa shape index (κ2) is 26.7. The van der Waals surface area contributed by atoms with Crippen molar-refractivity contribution in [2.75, 3.05) is 56.0 Å². The first kappa shape index (κ1) is 60.1. The highest BCUT2D eigenvalue weighted by atomic mass is 32.1. The fraction of sp³-hybridized carbons (Fsp3) is 0.450. The van der Waals surface area contributed by atoms with Crippen LogP contribution in [0, 0.1) is 24.2 Å². The van der Waals surface area contributed by atoms with Crippen molar-refractivity contribution >= 4 is 63.7 Å². The van der Waals surface area contributed by atoms with E-state index in [0.29, 0.717) is 68.9 Å². The molecule has 81 heavy (non-hydrogen) atoms. The Morgan fingerprint density at radius 3 is 2.15 bits per heavy atom. The molecule has 5 aromatic rings. The van der Waals surface area contributed by atoms with Crippen molar-refractivity contribution in [3.63, 3.8) is 0 Å². The topological polar surface area (TPSA) is 187 Å². The Balaban J connectivity index is 0.710. The number of carbonyl (C=O) groups excluding carboxylic acids is 4. The van der Waals surface area contributed by atoms with Gasteiger partial charge in [-0.05, 0) is 143 Å². The molecule has 4 aromatic carbocycles. The van der Waals surface area contributed by atoms with Crippen LogP contribution >= 0.6 is 23.6 Å². The number of aliphatic hydroxyl groups is 1. The number of β-amino-alcohol motifs (C(OH)–C–C–N with tert-alkyl or cyclic N) is 1. The summed E-state index contributed by atoms with van der Waals surface area (Å²) in [6.45, 7) is 12.7. The summed E-state index contributed by atoms with van der Waals surface area (Å²) in [7, 11) is 0. The summed E-state index contributed by atoms with van der Waals surface area (Å²) in [6.07, 6.45) is -0.809. The first-order valence-electron chi connectivity index (χ1n) is 27.3. The van der Waals surface area contributed by atoms with E-state index in [1.54, 1.807) is 71.6 Å². The average Bonchev–Trinajstić information content (AvgIpc) is 4.39. The number of thiocarbonyl (C=S) groups is 1. The number of nitriles is 1. The molecule has 4 heterocycles. The van der Waals surface area contributed by atoms with E-state index >= 15 is 0 Å². The minimum absolute atomic E-state index is 0.00511. The summed E-state index contributed by atoms with van der Waals surface area (Å²) in [5.41, 5.74) is 3.42. The SMILES string of the molecule is Cc1ncsc1-c1ccc(CNC(=O)[C@@H]2C[C@@H](O)CN2C(=O)C(C(C)C)N2Cc3ccccc3C2=O)c(OCCCCOCCCCOCCCCOc2ccc(N3C(=S)N(c4ccc(C#N)c(C(F)(F)F)c4)C(=O)C3(C)C)cc2)c1. The summed E-state index contributed by atoms with van der Waals surface area (Å²) >= 11 is 7.18. The van der Waals surface area contributed by atoms with Gasteiger partial charge in [-0.2, -0.15) is 18.4 Å². The van der Waals surface area contributed by atoms with Crippen molar-refractivity contribution in [2.45, 2.75) is 123 Å². The summed E-state index contributed by atoms with van der Waals surface area (Å²) in [4.78, 5) is 66.3. The van der Waals surface area contributed by atoms with Gasteiger partial charge < -0.3 is 44.1 Å². The number of ether oxygens (including phenoxy) is 4. The fourth-order valence-corrected chi connectivity index (χ4v) is 11.7. The first-order valence-corrected chi connectivity index (χ1v) is 28.6. The number of hydrogen-bond acceptors (Lipinski definition) is 13. The van der Waals surface area contributed by atoms with E-state index in [9.17, 15) is 42.7 Å². The van der Waals surface area contributed by atoms with Gasteiger partial charge in [-0.1, -0.05) is 44.2 Å². The van der Waals surface area contributed by atoms with Gasteiger partial charge in [0.05, 0.1) is 58.3 Å². The third-order valence-electron chi connectivity index (χ3n) is 14.6. The highest BCUT2D eigenvalue weighted by molar-refractivity contribution is 7.81. The number of thiazole rings is 1. The molecule has 2 saturated heterocycles. The lowest BCUT2D eigenvalue weighted by atomic mass is 10.0. The lowest BCUT2D eigenvalue weighted by molar-refractivity contribution is -0.143. The quantitative estimate of drug-likeness (QED) is 0.0394. The number of anilines is 2. The molecule has 1 unspecified atom stereocenters. The number of aliphatic hydroxyl groups excluding tert-OH is 1. The van der Waals surface area contributed by atoms with Crippen LogP contribution in [0.3, 0.4) is 0 Å². The minimum atomic E-state index is -4.79. The van der Waals surface area contributed by atoms with E-state index in [4.69, 9.17) is 31.2 Å². The molecule has 2 N–H and O–H groups in total. The molecule has 16 nitrogen and oxygen atoms in total. The molecule has 2 fully saturated rings. The third-order valence-corrected chi connectivity index (χ3v) is 16.0. The maximum atomic E-state index is 14.3. The highest BCUT2D eigenvalue weighted by Gasteiger charge is 2.51. The van der Waals surface area contributed by atoms with Crippen molar-refractivity contribution in [3.8, 4) is 28.0 Å². The van der Waals surface area contributed by atoms with Crippen molar-refractivity contribution in [1.82, 2.24) is 20.1 Å². The number of benzene rings is 4. The van der Waals surface area contributed by atoms with E-state index in [1.165, 1.54) is 22.3 Å². The normalized spacial score (nSPS) is 17.3. The number of aromatic nitrogens is 1. The number of fused-ring (bicyclic) bond motifs is 1. The van der Waals surface area contributed by atoms with Crippen LogP contribution in [0.4, 0.5) is 24.5 Å². The van der Waals surface area contributed by atoms with Crippen molar-refractivity contribution < 1.29 is 56.4 Å². The Kier molecular flexibility index (Phi) is 19.9. The number of nitrogens with zero attached hydrogens (tertiary/aromatic N) is 6. The summed E-state index contributed by atoms with van der Waals surface area (Å²) in [5, 5.41) is 23.0. The van der Waals surface area contributed by atoms with Crippen molar-refractivity contribution in [3.05, 3.63) is 124 Å². The number of aryl methyl sites for hydroxylation is 1. The van der Waals surface area contributed by atoms with Crippen LogP contribution < -0.4 is 24.6 Å². The van der Waals surface area contributed by atoms with E-state index in [1.807, 2.05) is 51.1 Å². The Morgan fingerprint density at radius 1 is 0.889 bits per heavy atom. The number of likely N-dealkylation sites (tertiary alicyclic amines) is 1. The molecule has 0 radical (unpaired) electrons. The number of amides is 4. The molecule has 0 aliphatic carbocycles. The second-order valence-corrected chi connectivity index (χ2v) is 22.4. The Labute approximate surface area is 479 Å². The maximum Gasteiger partial charge on any atom is 0.417 e. The molecule has 1 aromatic heterocycles. The van der Waals surface area contributed by atoms with E-state index in [2.05, 4.69) is 10.3 Å². The predicted octanol–water partition coefficient (Wildman–Crippen LogP) is 10.0. The van der Waals surface area contributed by atoms with Crippen LogP contribution in [-0.2, 0) is 43.1 Å². The number of hydrogen-bond donors (Lipinski definition) is 2. The van der Waals surface area contributed by atoms with Crippen LogP contribution in [0.1, 0.15) is 111 Å². The standard InChI is InChI=1S/C60H68F3N7O9S2/c1-38(2)52(68-35-43-14-6-7-15-48(43)55(68)73)56(74)67-36-46(71)32-50(67)54(72)65-34-42-17-16-40(53-39(3)66-37-81-53)30-51(42)79-29-13-11-27-77-25-9-8-24-76-26-10-12-28-78-47-22-20-44(21-23-47)70-58(80)69(57(75)59(70,4)5)45-19-18-41(33-64)49(31-45)60(61,62)63/h6-7,14-23,30-31,37-38,46,50,52,71H,8-13,24-29,32,34-36H2,1-5H3,(H,65,72)/t46-,50+,52?/m1/s1. The number of alkyl halides is 3. The molecule has 8 rings (SSSR count). The van der Waals surface area contributed by atoms with Gasteiger partial charge in [-0.3, -0.25) is 24.1 Å². The van der Waals surface area contributed by atoms with Crippen LogP contribution in [-0.4, -0.2) is 119 Å². The number of nitrogens with one attached hydrogen (secondary N) is 1. The van der Waals surface area contributed by atoms with Gasteiger partial charge in [-0.25, -0.2) is 4.98 Å². The Bertz CT molecular complexity index is 3110. The lowest BCUT2D eigenvalue weighted by Crippen LogP contribution is -2.55. The minimum Gasteiger partial charge on any atom is -0.494 e. The zero-order valence-electron chi connectivity index (χ0n) is 46.1. The Hall–Kier alpha value is -6.96. The predicted molar refractivity (Wildman–Crippen MR) is 305 cm³/mol. The molecule has 4 amide bonds. The molecule has 0 saturated carbocycles. The van der Waals surface area contributed by atoms with E-state index in [0.717, 1.165) is 82.8 Å². The monoisotopic (exact) mass is 1150 g/mol. The van der Waals surface area contributed by atoms with Crippen LogP contribution in [0.2, 0.25) is 0 Å². The van der Waals surface area contributed by atoms with Crippen molar-refractivity contribution in [1.29, 1.82) is 5.26 Å². The molecule has 3 atom stereocenters. The molecule has 3 aliphatic heterocycles. The third kappa shape index (κ3) is 14.0. The largest absolute Gasteiger partial charge is 0.494 e. The van der Waals surface area contributed by atoms with Gasteiger partial charge in [0.1, 0.15) is 29.1 Å². The van der Waals surface area contributed by atoms with Crippen LogP contribution in [0.15, 0.2) is 90.4 Å². The van der Waals surface area contributed by atoms with Crippen LogP contribution in [0.5, 0.6) is 11.5 Å². The Morgan fingerprint density at radius 2 is 1.53 bits per heavy atom. The number of rotatable bonds is 26. The van der Waals surface area contributed by atoms with E-state index < -0.39 is 52.8 Å². The zero-order chi connectivity index (χ0) is 58.0. The second-order valence-electron chi connectivity index (χ2n) is 21.2. The highest BCUT2D eigenvalue weighted by Crippen LogP contribution is 2.41. The summed E-state index contributed by atoms with van der Waals surface area (Å²) in [5.74, 6) is -0.485. The molecule has 21 heteroatoms. The van der Waals surface area contributed by atoms with Crippen molar-refractivity contribution in [2.24, 2.45) is 5.92 Å². The van der Waals surface area contributed by atoms with Crippen LogP contribution in [0.25, 0.3) is 10.4 Å². The van der Waals surface area contributed by atoms with Gasteiger partial charge in [0.25, 0.3) is 11.8 Å². The average molecular weight is 1150 g/mol. The number of unbranched alkanes of at least 4 members (excludes halogenated alkanes) is 3. The lowest BCUT2D eigenvalue weighted by Gasteiger charge is -2.35. The first-order chi connectivity index (χ1) is 38.8. The number of halogens is 3. The summed E-state index contributed by atoms with van der Waals surface area (Å²) in [6, 6.07) is 23.1. The summed E-state index contributed by atoms with van der Waals surface area (Å²) < 4.78 is 65.2. The molecule has 0 bridgehead atoms. The van der Waals surface area contributed by atoms with Gasteiger partial charge in [0, 0.05) is 69.3 Å². The zero-order valence-corrected chi connectivity index (χ0v) is 47.8. The van der Waals surface area contributed by atoms with Gasteiger partial charge in [0.2, 0.25) is 11.8 Å². The fourth-order valence-electron chi connectivity index (χ4n) is 10.4. The smallest absolute Gasteiger partial charge is 0.417 e. The van der Waals surface area contributed by atoms with Gasteiger partial charge in [0.15, 0.2) is 5.11 Å². The van der Waals surface area contributed by atoms with Gasteiger partial charge >= 0.3 is 6.18 Å². The van der Waals surface area contributed by atoms with Gasteiger partial charge in [-0.15, -0.1) is 11.3 Å². The molecule has 430 valence electrons. The molecule has 0 spiro atoms. The van der Waals surface area contributed by atoms with E-state index in [-0.39, 0.29) is 48.0 Å². The molecular formula is C60H68F3N7O9S2. The number of carbonyl (C=O) groups is 4. The maximum absolute atomic E-state index is 14.3.